The number of likely N-dealkylation sites (N-methyl/N-ethyl adjacent to an activating group) is 1. The lowest BCUT2D eigenvalue weighted by Crippen LogP contribution is -2.73. The van der Waals surface area contributed by atoms with Crippen molar-refractivity contribution in [2.75, 3.05) is 14.1 Å². The van der Waals surface area contributed by atoms with Crippen molar-refractivity contribution in [3.63, 3.8) is 0 Å². The number of hydrogen-bond donors (Lipinski definition) is 1. The minimum absolute atomic E-state index is 0.128. The van der Waals surface area contributed by atoms with Crippen LogP contribution in [0.25, 0.3) is 0 Å². The zero-order chi connectivity index (χ0) is 10.7. The molecule has 0 aromatic rings. The van der Waals surface area contributed by atoms with Gasteiger partial charge in [-0.25, -0.2) is 4.79 Å². The Morgan fingerprint density at radius 2 is 2.14 bits per heavy atom. The number of rotatable bonds is 0. The van der Waals surface area contributed by atoms with Crippen LogP contribution < -0.4 is 0 Å². The van der Waals surface area contributed by atoms with Gasteiger partial charge < -0.3 is 10.0 Å². The van der Waals surface area contributed by atoms with E-state index < -0.39 is 5.60 Å². The number of carbonyl (C=O) groups is 1. The van der Waals surface area contributed by atoms with E-state index in [1.807, 2.05) is 0 Å². The van der Waals surface area contributed by atoms with E-state index in [0.717, 1.165) is 0 Å². The lowest BCUT2D eigenvalue weighted by Gasteiger charge is -2.57. The van der Waals surface area contributed by atoms with Gasteiger partial charge in [-0.05, 0) is 13.3 Å². The number of amides is 2. The fourth-order valence-corrected chi connectivity index (χ4v) is 2.85. The third-order valence-corrected chi connectivity index (χ3v) is 3.88. The average molecular weight is 214 g/mol. The van der Waals surface area contributed by atoms with Crippen molar-refractivity contribution in [1.82, 2.24) is 9.80 Å². The molecule has 2 fully saturated rings. The van der Waals surface area contributed by atoms with Crippen LogP contribution in [-0.2, 0) is 0 Å². The largest absolute Gasteiger partial charge is 0.388 e. The summed E-state index contributed by atoms with van der Waals surface area (Å²) in [4.78, 5) is 15.4. The molecule has 3 unspecified atom stereocenters. The Morgan fingerprint density at radius 1 is 1.57 bits per heavy atom. The van der Waals surface area contributed by atoms with Gasteiger partial charge in [0, 0.05) is 20.0 Å². The third kappa shape index (κ3) is 1.02. The van der Waals surface area contributed by atoms with Gasteiger partial charge in [-0.15, -0.1) is 0 Å². The average Bonchev–Trinajstić information content (AvgIpc) is 2.09. The quantitative estimate of drug-likeness (QED) is 0.595. The molecule has 14 heavy (non-hydrogen) atoms. The van der Waals surface area contributed by atoms with Crippen LogP contribution in [0.4, 0.5) is 4.79 Å². The van der Waals surface area contributed by atoms with Crippen molar-refractivity contribution in [2.45, 2.75) is 25.0 Å². The predicted octanol–water partition coefficient (Wildman–Crippen LogP) is 0.451. The molecule has 2 aliphatic rings. The second-order valence-corrected chi connectivity index (χ2v) is 4.82. The molecular formula is C9H14N2O2S. The molecule has 1 saturated heterocycles. The van der Waals surface area contributed by atoms with Gasteiger partial charge in [0.1, 0.15) is 0 Å². The van der Waals surface area contributed by atoms with Crippen molar-refractivity contribution >= 4 is 23.2 Å². The Balaban J connectivity index is 2.30. The van der Waals surface area contributed by atoms with Crippen LogP contribution in [0.5, 0.6) is 0 Å². The molecule has 2 amide bonds. The molecule has 5 heteroatoms. The van der Waals surface area contributed by atoms with Crippen LogP contribution in [0.15, 0.2) is 0 Å². The normalized spacial score (nSPS) is 42.3. The highest BCUT2D eigenvalue weighted by Gasteiger charge is 2.58. The molecule has 0 bridgehead atoms. The van der Waals surface area contributed by atoms with Crippen LogP contribution in [0, 0.1) is 5.92 Å². The minimum Gasteiger partial charge on any atom is -0.388 e. The van der Waals surface area contributed by atoms with Crippen molar-refractivity contribution in [3.05, 3.63) is 0 Å². The van der Waals surface area contributed by atoms with Crippen molar-refractivity contribution in [3.8, 4) is 0 Å². The Bertz CT molecular complexity index is 298. The molecule has 0 aromatic heterocycles. The van der Waals surface area contributed by atoms with E-state index in [2.05, 4.69) is 0 Å². The lowest BCUT2D eigenvalue weighted by molar-refractivity contribution is -0.114. The number of urea groups is 1. The molecule has 4 nitrogen and oxygen atoms in total. The molecule has 1 heterocycles. The Kier molecular flexibility index (Phi) is 1.88. The molecule has 0 aromatic carbocycles. The number of aliphatic hydroxyl groups is 1. The summed E-state index contributed by atoms with van der Waals surface area (Å²) in [7, 11) is 3.40. The SMILES string of the molecule is CN1C(=O)N(C)C2C(CC2(C)O)C1=S. The van der Waals surface area contributed by atoms with Gasteiger partial charge >= 0.3 is 6.03 Å². The first-order chi connectivity index (χ1) is 6.36. The standard InChI is InChI=1S/C9H14N2O2S/c1-9(13)4-5-6(9)10(2)8(12)11(3)7(5)14/h5-6,13H,4H2,1-3H3. The fourth-order valence-electron chi connectivity index (χ4n) is 2.56. The molecule has 1 N–H and O–H groups in total. The van der Waals surface area contributed by atoms with Gasteiger partial charge in [-0.1, -0.05) is 12.2 Å². The fraction of sp³-hybridized carbons (Fsp3) is 0.778. The Labute approximate surface area is 88.5 Å². The van der Waals surface area contributed by atoms with Gasteiger partial charge in [0.25, 0.3) is 0 Å². The summed E-state index contributed by atoms with van der Waals surface area (Å²) in [6.45, 7) is 1.76. The van der Waals surface area contributed by atoms with Crippen LogP contribution >= 0.6 is 12.2 Å². The van der Waals surface area contributed by atoms with E-state index in [4.69, 9.17) is 12.2 Å². The maximum absolute atomic E-state index is 11.7. The van der Waals surface area contributed by atoms with E-state index >= 15 is 0 Å². The van der Waals surface area contributed by atoms with E-state index in [0.29, 0.717) is 11.4 Å². The summed E-state index contributed by atoms with van der Waals surface area (Å²) in [6, 6.07) is -0.269. The summed E-state index contributed by atoms with van der Waals surface area (Å²) >= 11 is 5.18. The molecule has 0 spiro atoms. The van der Waals surface area contributed by atoms with E-state index in [-0.39, 0.29) is 18.0 Å². The van der Waals surface area contributed by atoms with Gasteiger partial charge in [0.15, 0.2) is 0 Å². The Hall–Kier alpha value is -0.680. The highest BCUT2D eigenvalue weighted by Crippen LogP contribution is 2.44. The molecule has 1 saturated carbocycles. The second kappa shape index (κ2) is 2.67. The monoisotopic (exact) mass is 214 g/mol. The third-order valence-electron chi connectivity index (χ3n) is 3.31. The van der Waals surface area contributed by atoms with Crippen LogP contribution in [0.1, 0.15) is 13.3 Å². The molecule has 2 rings (SSSR count). The molecule has 3 atom stereocenters. The zero-order valence-corrected chi connectivity index (χ0v) is 9.34. The lowest BCUT2D eigenvalue weighted by atomic mass is 9.65. The van der Waals surface area contributed by atoms with Crippen molar-refractivity contribution in [2.24, 2.45) is 5.92 Å². The molecule has 1 aliphatic carbocycles. The van der Waals surface area contributed by atoms with Gasteiger partial charge in [0.2, 0.25) is 0 Å². The minimum atomic E-state index is -0.777. The highest BCUT2D eigenvalue weighted by atomic mass is 32.1. The maximum Gasteiger partial charge on any atom is 0.324 e. The highest BCUT2D eigenvalue weighted by molar-refractivity contribution is 7.80. The maximum atomic E-state index is 11.7. The molecular weight excluding hydrogens is 200 g/mol. The molecule has 1 aliphatic heterocycles. The van der Waals surface area contributed by atoms with Gasteiger partial charge in [-0.2, -0.15) is 0 Å². The van der Waals surface area contributed by atoms with E-state index in [9.17, 15) is 9.90 Å². The van der Waals surface area contributed by atoms with Crippen LogP contribution in [0.2, 0.25) is 0 Å². The summed E-state index contributed by atoms with van der Waals surface area (Å²) in [5.74, 6) is 0.146. The summed E-state index contributed by atoms with van der Waals surface area (Å²) < 4.78 is 0. The second-order valence-electron chi connectivity index (χ2n) is 4.40. The summed E-state index contributed by atoms with van der Waals surface area (Å²) in [5, 5.41) is 9.93. The number of thiocarbonyl (C=S) groups is 1. The first kappa shape index (κ1) is 9.86. The zero-order valence-electron chi connectivity index (χ0n) is 8.52. The smallest absolute Gasteiger partial charge is 0.324 e. The van der Waals surface area contributed by atoms with Crippen molar-refractivity contribution < 1.29 is 9.90 Å². The molecule has 78 valence electrons. The summed E-state index contributed by atoms with van der Waals surface area (Å²) in [6.07, 6.45) is 0.651. The van der Waals surface area contributed by atoms with Crippen molar-refractivity contribution in [1.29, 1.82) is 0 Å². The van der Waals surface area contributed by atoms with Gasteiger partial charge in [0.05, 0.1) is 16.6 Å². The van der Waals surface area contributed by atoms with Crippen LogP contribution in [0.3, 0.4) is 0 Å². The molecule has 0 radical (unpaired) electrons. The topological polar surface area (TPSA) is 43.8 Å². The first-order valence-electron chi connectivity index (χ1n) is 4.63. The Morgan fingerprint density at radius 3 is 2.64 bits per heavy atom. The number of carbonyl (C=O) groups excluding carboxylic acids is 1. The summed E-state index contributed by atoms with van der Waals surface area (Å²) in [5.41, 5.74) is -0.777. The van der Waals surface area contributed by atoms with E-state index in [1.54, 1.807) is 25.9 Å². The number of fused-ring (bicyclic) bond motifs is 1. The number of nitrogens with zero attached hydrogens (tertiary/aromatic N) is 2. The predicted molar refractivity (Wildman–Crippen MR) is 56.0 cm³/mol. The van der Waals surface area contributed by atoms with Crippen LogP contribution in [-0.4, -0.2) is 51.7 Å². The van der Waals surface area contributed by atoms with E-state index in [1.165, 1.54) is 4.90 Å². The number of hydrogen-bond acceptors (Lipinski definition) is 3. The first-order valence-corrected chi connectivity index (χ1v) is 5.04. The van der Waals surface area contributed by atoms with Gasteiger partial charge in [-0.3, -0.25) is 4.90 Å².